The molecule has 2 amide bonds. The molecule has 9 heteroatoms. The molecule has 0 aliphatic heterocycles. The zero-order chi connectivity index (χ0) is 22.1. The molecule has 0 bridgehead atoms. The third kappa shape index (κ3) is 7.50. The fourth-order valence-electron chi connectivity index (χ4n) is 2.83. The number of rotatable bonds is 11. The maximum atomic E-state index is 12.6. The molecule has 0 aliphatic carbocycles. The fourth-order valence-corrected chi connectivity index (χ4v) is 4.89. The summed E-state index contributed by atoms with van der Waals surface area (Å²) in [6.45, 7) is 4.08. The minimum absolute atomic E-state index is 0.118. The van der Waals surface area contributed by atoms with Crippen molar-refractivity contribution in [2.24, 2.45) is 5.73 Å². The summed E-state index contributed by atoms with van der Waals surface area (Å²) < 4.78 is 24.3. The number of halogens is 1. The van der Waals surface area contributed by atoms with E-state index >= 15 is 0 Å². The predicted molar refractivity (Wildman–Crippen MR) is 124 cm³/mol. The van der Waals surface area contributed by atoms with E-state index in [1.165, 1.54) is 0 Å². The van der Waals surface area contributed by atoms with Crippen molar-refractivity contribution in [3.63, 3.8) is 0 Å². The van der Waals surface area contributed by atoms with E-state index in [2.05, 4.69) is 27.9 Å². The molecular formula is C21H26IN2O5P. The lowest BCUT2D eigenvalue weighted by Gasteiger charge is -2.17. The Kier molecular flexibility index (Phi) is 9.48. The van der Waals surface area contributed by atoms with Gasteiger partial charge in [0.1, 0.15) is 6.04 Å². The fraction of sp³-hybridized carbons (Fsp3) is 0.333. The smallest absolute Gasteiger partial charge is 0.335 e. The highest BCUT2D eigenvalue weighted by molar-refractivity contribution is 14.1. The van der Waals surface area contributed by atoms with Crippen LogP contribution in [0.25, 0.3) is 0 Å². The van der Waals surface area contributed by atoms with Gasteiger partial charge in [0.15, 0.2) is 0 Å². The average Bonchev–Trinajstić information content (AvgIpc) is 2.69. The summed E-state index contributed by atoms with van der Waals surface area (Å²) >= 11 is 2.20. The van der Waals surface area contributed by atoms with E-state index in [9.17, 15) is 14.2 Å². The molecule has 1 atom stereocenters. The summed E-state index contributed by atoms with van der Waals surface area (Å²) in [4.78, 5) is 24.4. The lowest BCUT2D eigenvalue weighted by Crippen LogP contribution is -2.45. The Morgan fingerprint density at radius 3 is 2.03 bits per heavy atom. The summed E-state index contributed by atoms with van der Waals surface area (Å²) in [6, 6.07) is 13.4. The molecule has 0 fully saturated rings. The van der Waals surface area contributed by atoms with E-state index in [0.29, 0.717) is 12.0 Å². The third-order valence-electron chi connectivity index (χ3n) is 4.25. The normalized spacial score (nSPS) is 12.4. The van der Waals surface area contributed by atoms with Crippen LogP contribution in [0, 0.1) is 3.57 Å². The molecule has 2 aromatic carbocycles. The molecule has 0 aromatic heterocycles. The number of carbonyl (C=O) groups is 2. The lowest BCUT2D eigenvalue weighted by atomic mass is 10.0. The first-order chi connectivity index (χ1) is 14.3. The second kappa shape index (κ2) is 11.6. The number of hydrogen-bond donors (Lipinski definition) is 2. The van der Waals surface area contributed by atoms with Crippen LogP contribution in [-0.4, -0.2) is 31.1 Å². The average molecular weight is 544 g/mol. The van der Waals surface area contributed by atoms with Gasteiger partial charge in [0.25, 0.3) is 5.91 Å². The molecular weight excluding hydrogens is 518 g/mol. The molecule has 2 aromatic rings. The molecule has 0 unspecified atom stereocenters. The molecule has 0 saturated heterocycles. The number of carbonyl (C=O) groups excluding carboxylic acids is 2. The summed E-state index contributed by atoms with van der Waals surface area (Å²) in [5, 5.41) is 2.68. The van der Waals surface area contributed by atoms with Crippen LogP contribution in [0.15, 0.2) is 48.5 Å². The molecule has 7 nitrogen and oxygen atoms in total. The largest absolute Gasteiger partial charge is 0.368 e. The van der Waals surface area contributed by atoms with E-state index in [1.54, 1.807) is 38.1 Å². The van der Waals surface area contributed by atoms with Crippen LogP contribution in [-0.2, 0) is 31.0 Å². The Balaban J connectivity index is 2.05. The quantitative estimate of drug-likeness (QED) is 0.330. The molecule has 0 radical (unpaired) electrons. The van der Waals surface area contributed by atoms with Gasteiger partial charge in [-0.1, -0.05) is 24.3 Å². The number of benzene rings is 2. The van der Waals surface area contributed by atoms with Gasteiger partial charge in [0.05, 0.1) is 19.4 Å². The monoisotopic (exact) mass is 544 g/mol. The number of primary amides is 1. The lowest BCUT2D eigenvalue weighted by molar-refractivity contribution is -0.119. The standard InChI is InChI=1S/C21H26IN2O5P/c1-3-28-30(27,29-4-2)14-16-5-9-17(10-6-16)21(26)24-19(20(23)25)13-15-7-11-18(22)12-8-15/h5-12,19H,3-4,13-14H2,1-2H3,(H2,23,25)(H,24,26)/t19-/m1/s1. The molecule has 2 rings (SSSR count). The van der Waals surface area contributed by atoms with Crippen molar-refractivity contribution in [2.75, 3.05) is 13.2 Å². The number of hydrogen-bond acceptors (Lipinski definition) is 5. The van der Waals surface area contributed by atoms with Crippen LogP contribution in [0.2, 0.25) is 0 Å². The first-order valence-electron chi connectivity index (χ1n) is 9.58. The Bertz CT molecular complexity index is 893. The van der Waals surface area contributed by atoms with Crippen molar-refractivity contribution in [3.8, 4) is 0 Å². The molecule has 0 aliphatic rings. The van der Waals surface area contributed by atoms with Crippen molar-refractivity contribution >= 4 is 42.0 Å². The van der Waals surface area contributed by atoms with Crippen molar-refractivity contribution in [2.45, 2.75) is 32.5 Å². The molecule has 30 heavy (non-hydrogen) atoms. The predicted octanol–water partition coefficient (Wildman–Crippen LogP) is 3.88. The van der Waals surface area contributed by atoms with Gasteiger partial charge in [-0.3, -0.25) is 14.2 Å². The van der Waals surface area contributed by atoms with Gasteiger partial charge in [-0.05, 0) is 71.8 Å². The molecule has 3 N–H and O–H groups in total. The van der Waals surface area contributed by atoms with Gasteiger partial charge in [0.2, 0.25) is 5.91 Å². The second-order valence-corrected chi connectivity index (χ2v) is 9.86. The summed E-state index contributed by atoms with van der Waals surface area (Å²) in [6.07, 6.45) is 0.426. The van der Waals surface area contributed by atoms with E-state index in [0.717, 1.165) is 14.7 Å². The third-order valence-corrected chi connectivity index (χ3v) is 7.02. The topological polar surface area (TPSA) is 108 Å². The number of nitrogens with one attached hydrogen (secondary N) is 1. The van der Waals surface area contributed by atoms with Crippen LogP contribution in [0.5, 0.6) is 0 Å². The van der Waals surface area contributed by atoms with Crippen LogP contribution < -0.4 is 11.1 Å². The van der Waals surface area contributed by atoms with E-state index in [4.69, 9.17) is 14.8 Å². The highest BCUT2D eigenvalue weighted by atomic mass is 127. The zero-order valence-electron chi connectivity index (χ0n) is 17.0. The van der Waals surface area contributed by atoms with Crippen LogP contribution >= 0.6 is 30.2 Å². The van der Waals surface area contributed by atoms with Gasteiger partial charge >= 0.3 is 7.60 Å². The summed E-state index contributed by atoms with van der Waals surface area (Å²) in [7, 11) is -3.22. The molecule has 0 saturated carbocycles. The Hall–Kier alpha value is -1.74. The van der Waals surface area contributed by atoms with Crippen molar-refractivity contribution in [1.82, 2.24) is 5.32 Å². The van der Waals surface area contributed by atoms with Crippen LogP contribution in [0.4, 0.5) is 0 Å². The maximum Gasteiger partial charge on any atom is 0.335 e. The van der Waals surface area contributed by atoms with Gasteiger partial charge in [0, 0.05) is 15.6 Å². The van der Waals surface area contributed by atoms with Gasteiger partial charge in [-0.15, -0.1) is 0 Å². The van der Waals surface area contributed by atoms with Gasteiger partial charge < -0.3 is 20.1 Å². The summed E-state index contributed by atoms with van der Waals surface area (Å²) in [5.74, 6) is -1.01. The Morgan fingerprint density at radius 1 is 1.00 bits per heavy atom. The molecule has 0 spiro atoms. The van der Waals surface area contributed by atoms with Gasteiger partial charge in [-0.25, -0.2) is 0 Å². The van der Waals surface area contributed by atoms with E-state index < -0.39 is 25.5 Å². The highest BCUT2D eigenvalue weighted by Crippen LogP contribution is 2.51. The van der Waals surface area contributed by atoms with Crippen molar-refractivity contribution in [3.05, 3.63) is 68.8 Å². The highest BCUT2D eigenvalue weighted by Gasteiger charge is 2.24. The SMILES string of the molecule is CCOP(=O)(Cc1ccc(C(=O)N[C@H](Cc2ccc(I)cc2)C(N)=O)cc1)OCC. The Labute approximate surface area is 190 Å². The first kappa shape index (κ1) is 24.5. The number of nitrogens with two attached hydrogens (primary N) is 1. The maximum absolute atomic E-state index is 12.6. The minimum atomic E-state index is -3.22. The minimum Gasteiger partial charge on any atom is -0.368 e. The van der Waals surface area contributed by atoms with E-state index in [1.807, 2.05) is 24.3 Å². The van der Waals surface area contributed by atoms with E-state index in [-0.39, 0.29) is 19.4 Å². The van der Waals surface area contributed by atoms with Crippen molar-refractivity contribution < 1.29 is 23.2 Å². The second-order valence-electron chi connectivity index (χ2n) is 6.56. The Morgan fingerprint density at radius 2 is 1.53 bits per heavy atom. The summed E-state index contributed by atoms with van der Waals surface area (Å²) in [5.41, 5.74) is 7.47. The zero-order valence-corrected chi connectivity index (χ0v) is 20.0. The molecule has 0 heterocycles. The first-order valence-corrected chi connectivity index (χ1v) is 12.4. The number of amides is 2. The van der Waals surface area contributed by atoms with Crippen molar-refractivity contribution in [1.29, 1.82) is 0 Å². The van der Waals surface area contributed by atoms with Crippen LogP contribution in [0.1, 0.15) is 35.3 Å². The van der Waals surface area contributed by atoms with Gasteiger partial charge in [-0.2, -0.15) is 0 Å². The van der Waals surface area contributed by atoms with Crippen LogP contribution in [0.3, 0.4) is 0 Å². The molecule has 162 valence electrons.